The summed E-state index contributed by atoms with van der Waals surface area (Å²) in [4.78, 5) is 10.3. The molecule has 1 rings (SSSR count). The maximum absolute atomic E-state index is 10.3. The van der Waals surface area contributed by atoms with Crippen LogP contribution < -0.4 is 0 Å². The molecule has 0 aromatic carbocycles. The Kier molecular flexibility index (Phi) is 4.30. The predicted molar refractivity (Wildman–Crippen MR) is 26.6 cm³/mol. The second kappa shape index (κ2) is 4.16. The Hall–Kier alpha value is 0.254. The number of rotatable bonds is 0. The van der Waals surface area contributed by atoms with Crippen LogP contribution in [-0.2, 0) is 37.5 Å². The summed E-state index contributed by atoms with van der Waals surface area (Å²) < 4.78 is 0. The van der Waals surface area contributed by atoms with E-state index in [1.165, 1.54) is 6.08 Å². The minimum absolute atomic E-state index is 0. The van der Waals surface area contributed by atoms with Crippen LogP contribution in [0, 0.1) is 6.08 Å². The summed E-state index contributed by atoms with van der Waals surface area (Å²) in [6, 6.07) is 0. The maximum atomic E-state index is 10.3. The van der Waals surface area contributed by atoms with Crippen molar-refractivity contribution in [1.29, 1.82) is 0 Å². The molecule has 0 spiro atoms. The SMILES string of the molecule is O=C1C=C[C-]=CC1.[Y]. The van der Waals surface area contributed by atoms with Crippen LogP contribution in [0.25, 0.3) is 0 Å². The summed E-state index contributed by atoms with van der Waals surface area (Å²) in [7, 11) is 0. The molecule has 0 aromatic rings. The van der Waals surface area contributed by atoms with E-state index in [1.807, 2.05) is 0 Å². The summed E-state index contributed by atoms with van der Waals surface area (Å²) in [5.74, 6) is 0.166. The van der Waals surface area contributed by atoms with Crippen LogP contribution >= 0.6 is 0 Å². The second-order valence-electron chi connectivity index (χ2n) is 1.37. The number of hydrogen-bond acceptors (Lipinski definition) is 1. The minimum atomic E-state index is 0. The van der Waals surface area contributed by atoms with Crippen molar-refractivity contribution in [3.8, 4) is 0 Å². The van der Waals surface area contributed by atoms with E-state index < -0.39 is 0 Å². The van der Waals surface area contributed by atoms with Crippen molar-refractivity contribution in [3.05, 3.63) is 24.3 Å². The zero-order chi connectivity index (χ0) is 5.11. The van der Waals surface area contributed by atoms with Gasteiger partial charge in [0.15, 0.2) is 0 Å². The second-order valence-corrected chi connectivity index (χ2v) is 1.37. The van der Waals surface area contributed by atoms with Crippen molar-refractivity contribution in [2.45, 2.75) is 6.42 Å². The number of allylic oxidation sites excluding steroid dienone is 4. The standard InChI is InChI=1S/C6H5O.Y/c7-6-4-2-1-3-5-6;/h2-4H,5H2;/q-1;. The van der Waals surface area contributed by atoms with Gasteiger partial charge in [0.2, 0.25) is 0 Å². The normalized spacial score (nSPS) is 15.8. The van der Waals surface area contributed by atoms with Crippen molar-refractivity contribution >= 4 is 5.78 Å². The minimum Gasteiger partial charge on any atom is -0.316 e. The monoisotopic (exact) mass is 182 g/mol. The summed E-state index contributed by atoms with van der Waals surface area (Å²) in [6.45, 7) is 0. The molecule has 1 aliphatic rings. The van der Waals surface area contributed by atoms with Gasteiger partial charge in [-0.25, -0.2) is 6.08 Å². The van der Waals surface area contributed by atoms with Gasteiger partial charge in [0.05, 0.1) is 5.78 Å². The molecular weight excluding hydrogens is 177 g/mol. The van der Waals surface area contributed by atoms with Gasteiger partial charge in [0.1, 0.15) is 0 Å². The van der Waals surface area contributed by atoms with E-state index in [9.17, 15) is 4.79 Å². The van der Waals surface area contributed by atoms with Gasteiger partial charge in [0.25, 0.3) is 0 Å². The van der Waals surface area contributed by atoms with Crippen LogP contribution in [0.5, 0.6) is 0 Å². The largest absolute Gasteiger partial charge is 0.316 e. The molecule has 2 heteroatoms. The van der Waals surface area contributed by atoms with Crippen molar-refractivity contribution in [3.63, 3.8) is 0 Å². The first kappa shape index (κ1) is 8.25. The van der Waals surface area contributed by atoms with Crippen molar-refractivity contribution in [1.82, 2.24) is 0 Å². The zero-order valence-electron chi connectivity index (χ0n) is 4.42. The smallest absolute Gasteiger partial charge is 0.0785 e. The van der Waals surface area contributed by atoms with E-state index in [1.54, 1.807) is 12.2 Å². The van der Waals surface area contributed by atoms with E-state index in [0.29, 0.717) is 6.42 Å². The summed E-state index contributed by atoms with van der Waals surface area (Å²) in [5, 5.41) is 0. The van der Waals surface area contributed by atoms with E-state index in [4.69, 9.17) is 0 Å². The molecule has 0 fully saturated rings. The topological polar surface area (TPSA) is 17.1 Å². The molecule has 0 aliphatic heterocycles. The third kappa shape index (κ3) is 2.53. The fourth-order valence-electron chi connectivity index (χ4n) is 0.437. The average molecular weight is 182 g/mol. The molecule has 0 amide bonds. The van der Waals surface area contributed by atoms with E-state index in [-0.39, 0.29) is 38.5 Å². The Balaban J connectivity index is 0.000000490. The molecule has 1 aliphatic carbocycles. The van der Waals surface area contributed by atoms with Crippen LogP contribution in [-0.4, -0.2) is 5.78 Å². The number of carbonyl (C=O) groups excluding carboxylic acids is 1. The molecule has 0 atom stereocenters. The van der Waals surface area contributed by atoms with E-state index >= 15 is 0 Å². The average Bonchev–Trinajstić information content (AvgIpc) is 1.69. The van der Waals surface area contributed by atoms with Gasteiger partial charge in [-0.2, -0.15) is 12.2 Å². The molecule has 0 bridgehead atoms. The molecule has 0 unspecified atom stereocenters. The van der Waals surface area contributed by atoms with Gasteiger partial charge >= 0.3 is 0 Å². The van der Waals surface area contributed by atoms with Gasteiger partial charge in [0, 0.05) is 32.7 Å². The fraction of sp³-hybridized carbons (Fsp3) is 0.167. The van der Waals surface area contributed by atoms with Crippen LogP contribution in [0.15, 0.2) is 18.2 Å². The Morgan fingerprint density at radius 2 is 2.38 bits per heavy atom. The summed E-state index contributed by atoms with van der Waals surface area (Å²) in [6.07, 6.45) is 8.20. The first-order valence-corrected chi connectivity index (χ1v) is 2.17. The predicted octanol–water partition coefficient (Wildman–Crippen LogP) is 0.872. The Labute approximate surface area is 73.7 Å². The van der Waals surface area contributed by atoms with Gasteiger partial charge in [-0.3, -0.25) is 6.08 Å². The molecule has 1 radical (unpaired) electrons. The Bertz CT molecular complexity index is 135. The summed E-state index contributed by atoms with van der Waals surface area (Å²) in [5.41, 5.74) is 0. The quantitative estimate of drug-likeness (QED) is 0.508. The maximum Gasteiger partial charge on any atom is 0.0785 e. The Morgan fingerprint density at radius 3 is 2.62 bits per heavy atom. The Morgan fingerprint density at radius 1 is 1.62 bits per heavy atom. The third-order valence-electron chi connectivity index (χ3n) is 0.787. The molecule has 39 valence electrons. The van der Waals surface area contributed by atoms with Gasteiger partial charge in [-0.15, -0.1) is 0 Å². The van der Waals surface area contributed by atoms with Crippen molar-refractivity contribution in [2.75, 3.05) is 0 Å². The number of carbonyl (C=O) groups is 1. The van der Waals surface area contributed by atoms with Gasteiger partial charge in [-0.05, 0) is 6.42 Å². The molecule has 0 aromatic heterocycles. The first-order chi connectivity index (χ1) is 3.39. The number of ketones is 1. The van der Waals surface area contributed by atoms with Crippen molar-refractivity contribution < 1.29 is 37.5 Å². The van der Waals surface area contributed by atoms with E-state index in [0.717, 1.165) is 0 Å². The molecule has 8 heavy (non-hydrogen) atoms. The van der Waals surface area contributed by atoms with Crippen LogP contribution in [0.3, 0.4) is 0 Å². The zero-order valence-corrected chi connectivity index (χ0v) is 7.26. The van der Waals surface area contributed by atoms with Crippen LogP contribution in [0.4, 0.5) is 0 Å². The molecule has 0 saturated heterocycles. The van der Waals surface area contributed by atoms with E-state index in [2.05, 4.69) is 6.08 Å². The van der Waals surface area contributed by atoms with Gasteiger partial charge in [-0.1, -0.05) is 0 Å². The molecular formula is C6H5OY-. The van der Waals surface area contributed by atoms with Gasteiger partial charge < -0.3 is 4.79 Å². The molecule has 0 saturated carbocycles. The number of hydrogen-bond donors (Lipinski definition) is 0. The van der Waals surface area contributed by atoms with Crippen molar-refractivity contribution in [2.24, 2.45) is 0 Å². The van der Waals surface area contributed by atoms with Crippen LogP contribution in [0.2, 0.25) is 0 Å². The molecule has 1 nitrogen and oxygen atoms in total. The van der Waals surface area contributed by atoms with Crippen LogP contribution in [0.1, 0.15) is 6.42 Å². The third-order valence-corrected chi connectivity index (χ3v) is 0.787. The molecule has 0 N–H and O–H groups in total. The molecule has 0 heterocycles. The fourth-order valence-corrected chi connectivity index (χ4v) is 0.437. The first-order valence-electron chi connectivity index (χ1n) is 2.17. The summed E-state index contributed by atoms with van der Waals surface area (Å²) >= 11 is 0.